The number of hydrogen-bond acceptors (Lipinski definition) is 7. The number of rotatable bonds is 6. The van der Waals surface area contributed by atoms with Crippen molar-refractivity contribution in [2.45, 2.75) is 44.6 Å². The lowest BCUT2D eigenvalue weighted by molar-refractivity contribution is -0.119. The van der Waals surface area contributed by atoms with Gasteiger partial charge < -0.3 is 4.74 Å². The maximum Gasteiger partial charge on any atom is 0.244 e. The summed E-state index contributed by atoms with van der Waals surface area (Å²) in [6.45, 7) is 5.82. The largest absolute Gasteiger partial charge is 0.497 e. The number of hydrogen-bond donors (Lipinski definition) is 1. The van der Waals surface area contributed by atoms with Crippen molar-refractivity contribution < 1.29 is 17.9 Å². The molecule has 1 unspecified atom stereocenters. The molecule has 1 aliphatic heterocycles. The van der Waals surface area contributed by atoms with Crippen molar-refractivity contribution in [2.24, 2.45) is 0 Å². The van der Waals surface area contributed by atoms with Crippen molar-refractivity contribution in [1.82, 2.24) is 14.5 Å². The number of anilines is 1. The molecule has 3 aromatic rings. The van der Waals surface area contributed by atoms with E-state index in [-0.39, 0.29) is 4.90 Å². The summed E-state index contributed by atoms with van der Waals surface area (Å²) in [5, 5.41) is 11.9. The van der Waals surface area contributed by atoms with Gasteiger partial charge in [0.25, 0.3) is 0 Å². The Labute approximate surface area is 197 Å². The number of benzene rings is 2. The predicted molar refractivity (Wildman–Crippen MR) is 128 cm³/mol. The van der Waals surface area contributed by atoms with Crippen LogP contribution in [0.5, 0.6) is 5.75 Å². The van der Waals surface area contributed by atoms with E-state index in [0.29, 0.717) is 46.4 Å². The van der Waals surface area contributed by atoms with Gasteiger partial charge in [0.2, 0.25) is 21.1 Å². The van der Waals surface area contributed by atoms with Crippen molar-refractivity contribution in [2.75, 3.05) is 19.0 Å². The first-order valence-corrected chi connectivity index (χ1v) is 12.8. The Bertz CT molecular complexity index is 1280. The molecule has 1 amide bonds. The average Bonchev–Trinajstić information content (AvgIpc) is 3.43. The van der Waals surface area contributed by atoms with Crippen LogP contribution in [0, 0.1) is 20.8 Å². The fourth-order valence-electron chi connectivity index (χ4n) is 4.32. The molecular weight excluding hydrogens is 460 g/mol. The zero-order chi connectivity index (χ0) is 23.8. The van der Waals surface area contributed by atoms with Crippen molar-refractivity contribution in [1.29, 1.82) is 0 Å². The molecule has 0 radical (unpaired) electrons. The zero-order valence-corrected chi connectivity index (χ0v) is 20.6. The normalized spacial score (nSPS) is 16.7. The second kappa shape index (κ2) is 9.20. The molecule has 4 rings (SSSR count). The molecule has 2 aromatic carbocycles. The number of nitrogens with one attached hydrogen (secondary N) is 1. The SMILES string of the molecule is COc1cccc(-c2nnc(NC(=O)C3CCCN3S(=O)(=O)c3c(C)cc(C)cc3C)s2)c1. The molecule has 1 aromatic heterocycles. The van der Waals surface area contributed by atoms with Gasteiger partial charge in [-0.3, -0.25) is 10.1 Å². The standard InChI is InChI=1S/C23H26N4O4S2/c1-14-11-15(2)20(16(3)12-14)33(29,30)27-10-6-9-19(27)21(28)24-23-26-25-22(32-23)17-7-5-8-18(13-17)31-4/h5,7-8,11-13,19H,6,9-10H2,1-4H3,(H,24,26,28). The van der Waals surface area contributed by atoms with Crippen LogP contribution in [0.2, 0.25) is 0 Å². The molecule has 0 spiro atoms. The highest BCUT2D eigenvalue weighted by Gasteiger charge is 2.40. The lowest BCUT2D eigenvalue weighted by atomic mass is 10.1. The van der Waals surface area contributed by atoms with Crippen molar-refractivity contribution in [3.05, 3.63) is 53.1 Å². The summed E-state index contributed by atoms with van der Waals surface area (Å²) in [4.78, 5) is 13.4. The van der Waals surface area contributed by atoms with Crippen molar-refractivity contribution >= 4 is 32.4 Å². The fraction of sp³-hybridized carbons (Fsp3) is 0.348. The Morgan fingerprint density at radius 3 is 2.58 bits per heavy atom. The van der Waals surface area contributed by atoms with Crippen LogP contribution in [-0.4, -0.2) is 48.5 Å². The number of ether oxygens (including phenoxy) is 1. The smallest absolute Gasteiger partial charge is 0.244 e. The van der Waals surface area contributed by atoms with E-state index in [1.54, 1.807) is 21.0 Å². The molecule has 2 heterocycles. The second-order valence-corrected chi connectivity index (χ2v) is 10.9. The van der Waals surface area contributed by atoms with E-state index in [2.05, 4.69) is 15.5 Å². The molecule has 10 heteroatoms. The summed E-state index contributed by atoms with van der Waals surface area (Å²) in [6.07, 6.45) is 1.07. The Morgan fingerprint density at radius 1 is 1.15 bits per heavy atom. The van der Waals surface area contributed by atoms with Gasteiger partial charge in [-0.25, -0.2) is 8.42 Å². The Hall–Kier alpha value is -2.82. The lowest BCUT2D eigenvalue weighted by Gasteiger charge is -2.25. The third-order valence-corrected chi connectivity index (χ3v) is 8.75. The Balaban J connectivity index is 1.55. The summed E-state index contributed by atoms with van der Waals surface area (Å²) in [5.74, 6) is 0.300. The number of carbonyl (C=O) groups excluding carboxylic acids is 1. The number of amides is 1. The van der Waals surface area contributed by atoms with E-state index in [1.807, 2.05) is 43.3 Å². The topological polar surface area (TPSA) is 101 Å². The molecule has 1 atom stereocenters. The molecular formula is C23H26N4O4S2. The van der Waals surface area contributed by atoms with Gasteiger partial charge in [-0.15, -0.1) is 10.2 Å². The van der Waals surface area contributed by atoms with Crippen LogP contribution >= 0.6 is 11.3 Å². The van der Waals surface area contributed by atoms with Crippen LogP contribution in [-0.2, 0) is 14.8 Å². The number of aryl methyl sites for hydroxylation is 3. The number of nitrogens with zero attached hydrogens (tertiary/aromatic N) is 3. The van der Waals surface area contributed by atoms with E-state index in [4.69, 9.17) is 4.74 Å². The highest BCUT2D eigenvalue weighted by molar-refractivity contribution is 7.89. The minimum atomic E-state index is -3.82. The first-order chi connectivity index (χ1) is 15.7. The van der Waals surface area contributed by atoms with Crippen LogP contribution < -0.4 is 10.1 Å². The molecule has 0 saturated carbocycles. The Morgan fingerprint density at radius 2 is 1.88 bits per heavy atom. The van der Waals surface area contributed by atoms with Crippen molar-refractivity contribution in [3.63, 3.8) is 0 Å². The molecule has 0 bridgehead atoms. The van der Waals surface area contributed by atoms with Gasteiger partial charge in [-0.2, -0.15) is 4.31 Å². The summed E-state index contributed by atoms with van der Waals surface area (Å²) in [5.41, 5.74) is 3.20. The van der Waals surface area contributed by atoms with E-state index < -0.39 is 22.0 Å². The van der Waals surface area contributed by atoms with Gasteiger partial charge in [-0.05, 0) is 56.9 Å². The van der Waals surface area contributed by atoms with E-state index in [9.17, 15) is 13.2 Å². The van der Waals surface area contributed by atoms with Crippen LogP contribution in [0.3, 0.4) is 0 Å². The number of methoxy groups -OCH3 is 1. The summed E-state index contributed by atoms with van der Waals surface area (Å²) in [6, 6.07) is 10.3. The number of carbonyl (C=O) groups is 1. The highest BCUT2D eigenvalue weighted by Crippen LogP contribution is 2.32. The van der Waals surface area contributed by atoms with Gasteiger partial charge in [0.1, 0.15) is 16.8 Å². The fourth-order valence-corrected chi connectivity index (χ4v) is 7.13. The van der Waals surface area contributed by atoms with Crippen LogP contribution in [0.4, 0.5) is 5.13 Å². The monoisotopic (exact) mass is 486 g/mol. The van der Waals surface area contributed by atoms with Crippen LogP contribution in [0.25, 0.3) is 10.6 Å². The molecule has 1 aliphatic rings. The third kappa shape index (κ3) is 4.64. The lowest BCUT2D eigenvalue weighted by Crippen LogP contribution is -2.43. The summed E-state index contributed by atoms with van der Waals surface area (Å²) < 4.78 is 33.6. The Kier molecular flexibility index (Phi) is 6.51. The third-order valence-electron chi connectivity index (χ3n) is 5.65. The van der Waals surface area contributed by atoms with Gasteiger partial charge in [0.05, 0.1) is 12.0 Å². The van der Waals surface area contributed by atoms with Gasteiger partial charge >= 0.3 is 0 Å². The zero-order valence-electron chi connectivity index (χ0n) is 19.0. The number of aromatic nitrogens is 2. The first-order valence-electron chi connectivity index (χ1n) is 10.6. The predicted octanol–water partition coefficient (Wildman–Crippen LogP) is 3.93. The maximum atomic E-state index is 13.5. The van der Waals surface area contributed by atoms with Gasteiger partial charge in [0, 0.05) is 12.1 Å². The van der Waals surface area contributed by atoms with Crippen LogP contribution in [0.1, 0.15) is 29.5 Å². The van der Waals surface area contributed by atoms with E-state index >= 15 is 0 Å². The van der Waals surface area contributed by atoms with Crippen LogP contribution in [0.15, 0.2) is 41.3 Å². The molecule has 1 fully saturated rings. The quantitative estimate of drug-likeness (QED) is 0.567. The average molecular weight is 487 g/mol. The van der Waals surface area contributed by atoms with Crippen molar-refractivity contribution in [3.8, 4) is 16.3 Å². The molecule has 8 nitrogen and oxygen atoms in total. The van der Waals surface area contributed by atoms with Gasteiger partial charge in [-0.1, -0.05) is 41.2 Å². The molecule has 0 aliphatic carbocycles. The first kappa shape index (κ1) is 23.3. The van der Waals surface area contributed by atoms with Gasteiger partial charge in [0.15, 0.2) is 0 Å². The summed E-state index contributed by atoms with van der Waals surface area (Å²) >= 11 is 1.23. The minimum Gasteiger partial charge on any atom is -0.497 e. The molecule has 174 valence electrons. The summed E-state index contributed by atoms with van der Waals surface area (Å²) in [7, 11) is -2.23. The molecule has 33 heavy (non-hydrogen) atoms. The highest BCUT2D eigenvalue weighted by atomic mass is 32.2. The van der Waals surface area contributed by atoms with E-state index in [1.165, 1.54) is 15.6 Å². The molecule has 1 saturated heterocycles. The molecule has 1 N–H and O–H groups in total. The maximum absolute atomic E-state index is 13.5. The number of sulfonamides is 1. The second-order valence-electron chi connectivity index (χ2n) is 8.14. The van der Waals surface area contributed by atoms with E-state index in [0.717, 1.165) is 11.1 Å². The minimum absolute atomic E-state index is 0.282.